The van der Waals surface area contributed by atoms with Crippen molar-refractivity contribution in [1.29, 1.82) is 0 Å². The van der Waals surface area contributed by atoms with Crippen LogP contribution in [0, 0.1) is 5.82 Å². The van der Waals surface area contributed by atoms with Gasteiger partial charge in [0.15, 0.2) is 5.78 Å². The summed E-state index contributed by atoms with van der Waals surface area (Å²) >= 11 is 0. The van der Waals surface area contributed by atoms with E-state index in [0.29, 0.717) is 35.6 Å². The molecule has 5 nitrogen and oxygen atoms in total. The molecule has 2 aliphatic rings. The van der Waals surface area contributed by atoms with Gasteiger partial charge in [0.1, 0.15) is 11.6 Å². The average Bonchev–Trinajstić information content (AvgIpc) is 2.75. The lowest BCUT2D eigenvalue weighted by molar-refractivity contribution is -0.116. The number of amides is 1. The molecule has 0 fully saturated rings. The zero-order valence-corrected chi connectivity index (χ0v) is 17.6. The number of ketones is 1. The largest absolute Gasteiger partial charge is 0.494 e. The fourth-order valence-electron chi connectivity index (χ4n) is 4.27. The maximum Gasteiger partial charge on any atom is 0.254 e. The van der Waals surface area contributed by atoms with Gasteiger partial charge in [0, 0.05) is 40.6 Å². The quantitative estimate of drug-likeness (QED) is 0.727. The molecule has 160 valence electrons. The maximum absolute atomic E-state index is 13.3. The predicted octanol–water partition coefficient (Wildman–Crippen LogP) is 4.83. The Morgan fingerprint density at radius 3 is 2.52 bits per heavy atom. The van der Waals surface area contributed by atoms with Crippen molar-refractivity contribution >= 4 is 17.4 Å². The van der Waals surface area contributed by atoms with Crippen LogP contribution in [-0.2, 0) is 9.59 Å². The van der Waals surface area contributed by atoms with Crippen molar-refractivity contribution in [3.63, 3.8) is 0 Å². The van der Waals surface area contributed by atoms with Crippen LogP contribution in [0.25, 0.3) is 0 Å². The highest BCUT2D eigenvalue weighted by atomic mass is 19.1. The van der Waals surface area contributed by atoms with Crippen LogP contribution in [-0.4, -0.2) is 18.3 Å². The van der Waals surface area contributed by atoms with Crippen LogP contribution < -0.4 is 15.4 Å². The van der Waals surface area contributed by atoms with E-state index in [4.69, 9.17) is 4.74 Å². The highest BCUT2D eigenvalue weighted by molar-refractivity contribution is 6.09. The third-order valence-electron chi connectivity index (χ3n) is 5.65. The second-order valence-corrected chi connectivity index (χ2v) is 7.73. The van der Waals surface area contributed by atoms with Crippen molar-refractivity contribution in [3.8, 4) is 5.75 Å². The van der Waals surface area contributed by atoms with E-state index in [-0.39, 0.29) is 17.5 Å². The molecule has 2 aromatic rings. The molecule has 0 bridgehead atoms. The van der Waals surface area contributed by atoms with E-state index >= 15 is 0 Å². The number of allylic oxidation sites excluding steroid dienone is 3. The number of anilines is 1. The second kappa shape index (κ2) is 8.76. The Bertz CT molecular complexity index is 1070. The van der Waals surface area contributed by atoms with E-state index in [0.717, 1.165) is 29.9 Å². The molecule has 0 spiro atoms. The highest BCUT2D eigenvalue weighted by Gasteiger charge is 2.38. The van der Waals surface area contributed by atoms with E-state index in [2.05, 4.69) is 10.6 Å². The number of hydrogen-bond donors (Lipinski definition) is 2. The minimum absolute atomic E-state index is 0.0622. The lowest BCUT2D eigenvalue weighted by Gasteiger charge is -2.34. The fourth-order valence-corrected chi connectivity index (χ4v) is 4.27. The topological polar surface area (TPSA) is 67.4 Å². The number of halogens is 1. The molecule has 1 unspecified atom stereocenters. The van der Waals surface area contributed by atoms with Gasteiger partial charge in [-0.3, -0.25) is 9.59 Å². The molecule has 0 saturated heterocycles. The first-order valence-corrected chi connectivity index (χ1v) is 10.5. The van der Waals surface area contributed by atoms with E-state index in [1.807, 2.05) is 38.1 Å². The molecule has 1 aliphatic carbocycles. The molecule has 0 aromatic heterocycles. The third kappa shape index (κ3) is 4.24. The van der Waals surface area contributed by atoms with Crippen molar-refractivity contribution in [2.45, 2.75) is 39.0 Å². The van der Waals surface area contributed by atoms with Gasteiger partial charge in [0.25, 0.3) is 5.91 Å². The summed E-state index contributed by atoms with van der Waals surface area (Å²) in [5, 5.41) is 6.15. The smallest absolute Gasteiger partial charge is 0.254 e. The summed E-state index contributed by atoms with van der Waals surface area (Å²) in [6, 6.07) is 13.2. The predicted molar refractivity (Wildman–Crippen MR) is 117 cm³/mol. The van der Waals surface area contributed by atoms with Crippen LogP contribution in [0.4, 0.5) is 10.1 Å². The summed E-state index contributed by atoms with van der Waals surface area (Å²) in [6.45, 7) is 4.33. The molecule has 1 atom stereocenters. The standard InChI is InChI=1S/C25H25FN2O3/c1-3-31-19-13-7-16(8-14-19)23-22(25(30)28-18-11-9-17(26)10-12-18)15(2)27-20-5-4-6-21(29)24(20)23/h7-14,23,27H,3-6H2,1-2H3,(H,28,30). The fraction of sp³-hybridized carbons (Fsp3) is 0.280. The Kier molecular flexibility index (Phi) is 5.89. The van der Waals surface area contributed by atoms with Crippen molar-refractivity contribution in [1.82, 2.24) is 5.32 Å². The Morgan fingerprint density at radius 2 is 1.84 bits per heavy atom. The van der Waals surface area contributed by atoms with Gasteiger partial charge < -0.3 is 15.4 Å². The van der Waals surface area contributed by atoms with Gasteiger partial charge in [-0.05, 0) is 68.7 Å². The lowest BCUT2D eigenvalue weighted by atomic mass is 9.75. The number of hydrogen-bond acceptors (Lipinski definition) is 4. The molecule has 4 rings (SSSR count). The summed E-state index contributed by atoms with van der Waals surface area (Å²) in [5.74, 6) is -0.363. The van der Waals surface area contributed by atoms with Crippen LogP contribution in [0.1, 0.15) is 44.6 Å². The zero-order chi connectivity index (χ0) is 22.0. The minimum Gasteiger partial charge on any atom is -0.494 e. The van der Waals surface area contributed by atoms with E-state index in [1.165, 1.54) is 24.3 Å². The second-order valence-electron chi connectivity index (χ2n) is 7.73. The zero-order valence-electron chi connectivity index (χ0n) is 17.6. The number of dihydropyridines is 1. The molecular formula is C25H25FN2O3. The lowest BCUT2D eigenvalue weighted by Crippen LogP contribution is -2.35. The van der Waals surface area contributed by atoms with Crippen LogP contribution >= 0.6 is 0 Å². The van der Waals surface area contributed by atoms with E-state index in [9.17, 15) is 14.0 Å². The molecule has 0 radical (unpaired) electrons. The molecular weight excluding hydrogens is 395 g/mol. The van der Waals surface area contributed by atoms with Crippen molar-refractivity contribution in [3.05, 3.63) is 82.5 Å². The number of benzene rings is 2. The van der Waals surface area contributed by atoms with Crippen LogP contribution in [0.2, 0.25) is 0 Å². The molecule has 0 saturated carbocycles. The van der Waals surface area contributed by atoms with Gasteiger partial charge in [-0.15, -0.1) is 0 Å². The number of nitrogens with one attached hydrogen (secondary N) is 2. The Balaban J connectivity index is 1.74. The van der Waals surface area contributed by atoms with Gasteiger partial charge in [-0.2, -0.15) is 0 Å². The Labute approximate surface area is 181 Å². The third-order valence-corrected chi connectivity index (χ3v) is 5.65. The van der Waals surface area contributed by atoms with Gasteiger partial charge in [0.2, 0.25) is 0 Å². The monoisotopic (exact) mass is 420 g/mol. The molecule has 1 aliphatic heterocycles. The first-order valence-electron chi connectivity index (χ1n) is 10.5. The average molecular weight is 420 g/mol. The Morgan fingerprint density at radius 1 is 1.13 bits per heavy atom. The van der Waals surface area contributed by atoms with E-state index in [1.54, 1.807) is 0 Å². The Hall–Kier alpha value is -3.41. The minimum atomic E-state index is -0.472. The van der Waals surface area contributed by atoms with Gasteiger partial charge in [-0.1, -0.05) is 12.1 Å². The van der Waals surface area contributed by atoms with Crippen LogP contribution in [0.5, 0.6) is 5.75 Å². The van der Waals surface area contributed by atoms with Crippen LogP contribution in [0.3, 0.4) is 0 Å². The SMILES string of the molecule is CCOc1ccc(C2C(C(=O)Nc3ccc(F)cc3)=C(C)NC3=C2C(=O)CCC3)cc1. The molecule has 1 heterocycles. The van der Waals surface area contributed by atoms with E-state index < -0.39 is 5.92 Å². The van der Waals surface area contributed by atoms with Crippen molar-refractivity contribution in [2.75, 3.05) is 11.9 Å². The molecule has 2 N–H and O–H groups in total. The summed E-state index contributed by atoms with van der Waals surface area (Å²) in [5.41, 5.74) is 4.11. The number of ether oxygens (including phenoxy) is 1. The molecule has 2 aromatic carbocycles. The van der Waals surface area contributed by atoms with Gasteiger partial charge >= 0.3 is 0 Å². The number of carbonyl (C=O) groups excluding carboxylic acids is 2. The number of carbonyl (C=O) groups is 2. The van der Waals surface area contributed by atoms with Crippen molar-refractivity contribution in [2.24, 2.45) is 0 Å². The first-order chi connectivity index (χ1) is 15.0. The summed E-state index contributed by atoms with van der Waals surface area (Å²) in [4.78, 5) is 26.3. The highest BCUT2D eigenvalue weighted by Crippen LogP contribution is 2.42. The summed E-state index contributed by atoms with van der Waals surface area (Å²) < 4.78 is 18.8. The summed E-state index contributed by atoms with van der Waals surface area (Å²) in [7, 11) is 0. The molecule has 31 heavy (non-hydrogen) atoms. The van der Waals surface area contributed by atoms with Gasteiger partial charge in [0.05, 0.1) is 6.61 Å². The number of Topliss-reactive ketones (excluding diaryl/α,β-unsaturated/α-hetero) is 1. The normalized spacial score (nSPS) is 18.4. The molecule has 1 amide bonds. The molecule has 6 heteroatoms. The van der Waals surface area contributed by atoms with Crippen LogP contribution in [0.15, 0.2) is 71.1 Å². The maximum atomic E-state index is 13.3. The van der Waals surface area contributed by atoms with Crippen molar-refractivity contribution < 1.29 is 18.7 Å². The van der Waals surface area contributed by atoms with Gasteiger partial charge in [-0.25, -0.2) is 4.39 Å². The number of rotatable bonds is 5. The summed E-state index contributed by atoms with van der Waals surface area (Å²) in [6.07, 6.45) is 2.05. The first kappa shape index (κ1) is 20.8.